The number of fused-ring (bicyclic) bond motifs is 1. The lowest BCUT2D eigenvalue weighted by Gasteiger charge is -2.13. The van der Waals surface area contributed by atoms with E-state index in [1.54, 1.807) is 6.92 Å². The monoisotopic (exact) mass is 152 g/mol. The van der Waals surface area contributed by atoms with Crippen LogP contribution >= 0.6 is 0 Å². The third-order valence-corrected chi connectivity index (χ3v) is 3.88. The first kappa shape index (κ1) is 7.33. The molecular formula is C10H16O. The molecule has 0 aromatic carbocycles. The molecule has 11 heavy (non-hydrogen) atoms. The van der Waals surface area contributed by atoms with Gasteiger partial charge < -0.3 is 0 Å². The van der Waals surface area contributed by atoms with Gasteiger partial charge in [0.05, 0.1) is 0 Å². The highest BCUT2D eigenvalue weighted by molar-refractivity contribution is 5.79. The van der Waals surface area contributed by atoms with Gasteiger partial charge in [-0.2, -0.15) is 0 Å². The smallest absolute Gasteiger partial charge is 0.133 e. The fourth-order valence-electron chi connectivity index (χ4n) is 3.13. The lowest BCUT2D eigenvalue weighted by Crippen LogP contribution is -2.14. The Morgan fingerprint density at radius 3 is 2.27 bits per heavy atom. The molecule has 0 aliphatic heterocycles. The number of hydrogen-bond acceptors (Lipinski definition) is 1. The average Bonchev–Trinajstić information content (AvgIpc) is 2.34. The summed E-state index contributed by atoms with van der Waals surface area (Å²) in [6, 6.07) is 0. The molecule has 0 saturated heterocycles. The van der Waals surface area contributed by atoms with Gasteiger partial charge in [-0.3, -0.25) is 4.79 Å². The third-order valence-electron chi connectivity index (χ3n) is 3.88. The Labute approximate surface area is 68.2 Å². The third kappa shape index (κ3) is 0.800. The second-order valence-corrected chi connectivity index (χ2v) is 4.75. The van der Waals surface area contributed by atoms with Gasteiger partial charge in [0.25, 0.3) is 0 Å². The molecule has 0 bridgehead atoms. The van der Waals surface area contributed by atoms with E-state index >= 15 is 0 Å². The number of ketones is 1. The molecule has 3 atom stereocenters. The summed E-state index contributed by atoms with van der Waals surface area (Å²) in [7, 11) is 0. The summed E-state index contributed by atoms with van der Waals surface area (Å²) in [4.78, 5) is 11.2. The van der Waals surface area contributed by atoms with Crippen molar-refractivity contribution in [2.24, 2.45) is 23.2 Å². The van der Waals surface area contributed by atoms with E-state index in [2.05, 4.69) is 13.8 Å². The van der Waals surface area contributed by atoms with E-state index in [4.69, 9.17) is 0 Å². The fraction of sp³-hybridized carbons (Fsp3) is 0.900. The van der Waals surface area contributed by atoms with Crippen LogP contribution in [0.4, 0.5) is 0 Å². The van der Waals surface area contributed by atoms with Crippen LogP contribution in [0.2, 0.25) is 0 Å². The van der Waals surface area contributed by atoms with Crippen molar-refractivity contribution in [3.05, 3.63) is 0 Å². The van der Waals surface area contributed by atoms with Gasteiger partial charge in [-0.1, -0.05) is 13.8 Å². The van der Waals surface area contributed by atoms with Crippen LogP contribution < -0.4 is 0 Å². The maximum atomic E-state index is 11.2. The molecule has 0 radical (unpaired) electrons. The van der Waals surface area contributed by atoms with Crippen LogP contribution in [0.15, 0.2) is 0 Å². The number of rotatable bonds is 1. The minimum atomic E-state index is 0.412. The zero-order valence-corrected chi connectivity index (χ0v) is 7.55. The molecule has 62 valence electrons. The van der Waals surface area contributed by atoms with E-state index < -0.39 is 0 Å². The van der Waals surface area contributed by atoms with Crippen LogP contribution in [0.3, 0.4) is 0 Å². The Morgan fingerprint density at radius 2 is 2.00 bits per heavy atom. The van der Waals surface area contributed by atoms with Gasteiger partial charge >= 0.3 is 0 Å². The predicted molar refractivity (Wildman–Crippen MR) is 44.2 cm³/mol. The lowest BCUT2D eigenvalue weighted by atomic mass is 9.90. The van der Waals surface area contributed by atoms with E-state index in [0.717, 1.165) is 18.3 Å². The van der Waals surface area contributed by atoms with Crippen molar-refractivity contribution in [1.82, 2.24) is 0 Å². The molecule has 2 rings (SSSR count). The van der Waals surface area contributed by atoms with Crippen LogP contribution in [0, 0.1) is 23.2 Å². The summed E-state index contributed by atoms with van der Waals surface area (Å²) >= 11 is 0. The Kier molecular flexibility index (Phi) is 1.25. The maximum Gasteiger partial charge on any atom is 0.133 e. The summed E-state index contributed by atoms with van der Waals surface area (Å²) in [5, 5.41) is 0. The van der Waals surface area contributed by atoms with E-state index in [0.29, 0.717) is 17.1 Å². The van der Waals surface area contributed by atoms with E-state index in [-0.39, 0.29) is 0 Å². The average molecular weight is 152 g/mol. The standard InChI is InChI=1S/C10H16O/c1-6(11)7-4-5-8-9(7)10(8,2)3/h7-9H,4-5H2,1-3H3/t7-,8?,9?/m0/s1. The highest BCUT2D eigenvalue weighted by Gasteiger charge is 2.64. The summed E-state index contributed by atoms with van der Waals surface area (Å²) in [5.74, 6) is 2.44. The topological polar surface area (TPSA) is 17.1 Å². The minimum absolute atomic E-state index is 0.412. The molecule has 2 fully saturated rings. The molecule has 0 aromatic heterocycles. The molecule has 0 amide bonds. The quantitative estimate of drug-likeness (QED) is 0.563. The van der Waals surface area contributed by atoms with Gasteiger partial charge in [0.2, 0.25) is 0 Å². The second-order valence-electron chi connectivity index (χ2n) is 4.75. The molecular weight excluding hydrogens is 136 g/mol. The molecule has 0 N–H and O–H groups in total. The molecule has 1 heteroatoms. The van der Waals surface area contributed by atoms with Crippen molar-refractivity contribution in [1.29, 1.82) is 0 Å². The summed E-state index contributed by atoms with van der Waals surface area (Å²) in [5.41, 5.74) is 0.495. The molecule has 2 saturated carbocycles. The summed E-state index contributed by atoms with van der Waals surface area (Å²) in [6.07, 6.45) is 2.45. The summed E-state index contributed by atoms with van der Waals surface area (Å²) < 4.78 is 0. The van der Waals surface area contributed by atoms with E-state index in [9.17, 15) is 4.79 Å². The Balaban J connectivity index is 2.13. The van der Waals surface area contributed by atoms with Crippen molar-refractivity contribution in [2.75, 3.05) is 0 Å². The zero-order chi connectivity index (χ0) is 8.22. The number of hydrogen-bond donors (Lipinski definition) is 0. The van der Waals surface area contributed by atoms with Gasteiger partial charge in [-0.05, 0) is 37.0 Å². The molecule has 0 spiro atoms. The second kappa shape index (κ2) is 1.88. The van der Waals surface area contributed by atoms with Gasteiger partial charge in [-0.25, -0.2) is 0 Å². The first-order chi connectivity index (χ1) is 5.05. The Bertz CT molecular complexity index is 205. The van der Waals surface area contributed by atoms with Crippen molar-refractivity contribution >= 4 is 5.78 Å². The highest BCUT2D eigenvalue weighted by Crippen LogP contribution is 2.69. The van der Waals surface area contributed by atoms with Crippen molar-refractivity contribution in [3.8, 4) is 0 Å². The number of Topliss-reactive ketones (excluding diaryl/α,β-unsaturated/α-hetero) is 1. The van der Waals surface area contributed by atoms with Crippen molar-refractivity contribution in [3.63, 3.8) is 0 Å². The Hall–Kier alpha value is -0.330. The normalized spacial score (nSPS) is 45.2. The summed E-state index contributed by atoms with van der Waals surface area (Å²) in [6.45, 7) is 6.36. The lowest BCUT2D eigenvalue weighted by molar-refractivity contribution is -0.121. The maximum absolute atomic E-state index is 11.2. The molecule has 2 unspecified atom stereocenters. The molecule has 2 aliphatic rings. The minimum Gasteiger partial charge on any atom is -0.300 e. The Morgan fingerprint density at radius 1 is 1.36 bits per heavy atom. The molecule has 1 nitrogen and oxygen atoms in total. The van der Waals surface area contributed by atoms with Crippen LogP contribution in [0.5, 0.6) is 0 Å². The SMILES string of the molecule is CC(=O)[C@@H]1CCC2C1C2(C)C. The largest absolute Gasteiger partial charge is 0.300 e. The fourth-order valence-corrected chi connectivity index (χ4v) is 3.13. The van der Waals surface area contributed by atoms with Gasteiger partial charge in [0, 0.05) is 5.92 Å². The molecule has 2 aliphatic carbocycles. The number of carbonyl (C=O) groups is 1. The van der Waals surface area contributed by atoms with Gasteiger partial charge in [-0.15, -0.1) is 0 Å². The van der Waals surface area contributed by atoms with Crippen LogP contribution in [0.25, 0.3) is 0 Å². The molecule has 0 aromatic rings. The van der Waals surface area contributed by atoms with E-state index in [1.165, 1.54) is 6.42 Å². The first-order valence-corrected chi connectivity index (χ1v) is 4.55. The van der Waals surface area contributed by atoms with Gasteiger partial charge in [0.1, 0.15) is 5.78 Å². The number of carbonyl (C=O) groups excluding carboxylic acids is 1. The first-order valence-electron chi connectivity index (χ1n) is 4.55. The van der Waals surface area contributed by atoms with Gasteiger partial charge in [0.15, 0.2) is 0 Å². The van der Waals surface area contributed by atoms with Crippen LogP contribution in [0.1, 0.15) is 33.6 Å². The van der Waals surface area contributed by atoms with E-state index in [1.807, 2.05) is 0 Å². The van der Waals surface area contributed by atoms with Crippen LogP contribution in [-0.4, -0.2) is 5.78 Å². The predicted octanol–water partition coefficient (Wildman–Crippen LogP) is 2.26. The highest BCUT2D eigenvalue weighted by atomic mass is 16.1. The molecule has 0 heterocycles. The zero-order valence-electron chi connectivity index (χ0n) is 7.55. The van der Waals surface area contributed by atoms with Crippen molar-refractivity contribution in [2.45, 2.75) is 33.6 Å². The van der Waals surface area contributed by atoms with Crippen molar-refractivity contribution < 1.29 is 4.79 Å². The van der Waals surface area contributed by atoms with Crippen LogP contribution in [-0.2, 0) is 4.79 Å².